The number of amides is 1. The molecular formula is C19H8Cl3N3O3S. The van der Waals surface area contributed by atoms with Gasteiger partial charge in [0.15, 0.2) is 5.43 Å². The summed E-state index contributed by atoms with van der Waals surface area (Å²) in [6.45, 7) is 0. The molecule has 0 aliphatic carbocycles. The monoisotopic (exact) mass is 463 g/mol. The Labute approximate surface area is 182 Å². The quantitative estimate of drug-likeness (QED) is 0.399. The summed E-state index contributed by atoms with van der Waals surface area (Å²) in [5.74, 6) is -0.530. The van der Waals surface area contributed by atoms with E-state index < -0.39 is 11.9 Å². The lowest BCUT2D eigenvalue weighted by Crippen LogP contribution is -2.29. The van der Waals surface area contributed by atoms with Crippen molar-refractivity contribution in [2.24, 2.45) is 0 Å². The number of hydrogen-bond donors (Lipinski definition) is 0. The van der Waals surface area contributed by atoms with Crippen LogP contribution in [0.4, 0.5) is 5.13 Å². The topological polar surface area (TPSA) is 76.3 Å². The van der Waals surface area contributed by atoms with E-state index in [0.29, 0.717) is 25.8 Å². The van der Waals surface area contributed by atoms with Crippen LogP contribution in [-0.2, 0) is 0 Å². The van der Waals surface area contributed by atoms with Crippen LogP contribution in [-0.4, -0.2) is 16.1 Å². The molecule has 0 unspecified atom stereocenters. The summed E-state index contributed by atoms with van der Waals surface area (Å²) in [4.78, 5) is 28.0. The van der Waals surface area contributed by atoms with Crippen LogP contribution in [0, 0.1) is 0 Å². The summed E-state index contributed by atoms with van der Waals surface area (Å²) in [6.07, 6.45) is 0. The van der Waals surface area contributed by atoms with Gasteiger partial charge in [-0.3, -0.25) is 14.5 Å². The van der Waals surface area contributed by atoms with Crippen molar-refractivity contribution in [1.82, 2.24) is 10.2 Å². The third-order valence-electron chi connectivity index (χ3n) is 4.65. The molecule has 3 heterocycles. The Kier molecular flexibility index (Phi) is 4.36. The van der Waals surface area contributed by atoms with Gasteiger partial charge in [-0.1, -0.05) is 52.2 Å². The molecule has 2 aromatic heterocycles. The fraction of sp³-hybridized carbons (Fsp3) is 0.0526. The second-order valence-corrected chi connectivity index (χ2v) is 8.35. The standard InChI is InChI=1S/C19H8Cl3N3O3S/c20-9-2-4-13-10(6-9)16(26)14-15(8-1-3-11(21)12(22)5-8)25(18(27)17(14)28-13)19-24-23-7-29-19/h1-7,15H/t15-/m0/s1. The van der Waals surface area contributed by atoms with Crippen molar-refractivity contribution >= 4 is 68.1 Å². The van der Waals surface area contributed by atoms with Gasteiger partial charge in [-0.15, -0.1) is 10.2 Å². The van der Waals surface area contributed by atoms with E-state index in [1.807, 2.05) is 0 Å². The molecule has 0 saturated heterocycles. The van der Waals surface area contributed by atoms with Crippen LogP contribution in [0.3, 0.4) is 0 Å². The predicted octanol–water partition coefficient (Wildman–Crippen LogP) is 5.35. The first-order valence-corrected chi connectivity index (χ1v) is 10.3. The average Bonchev–Trinajstić information content (AvgIpc) is 3.32. The van der Waals surface area contributed by atoms with E-state index in [-0.39, 0.29) is 27.7 Å². The van der Waals surface area contributed by atoms with Gasteiger partial charge in [0.25, 0.3) is 5.91 Å². The first kappa shape index (κ1) is 18.6. The Bertz CT molecular complexity index is 1350. The van der Waals surface area contributed by atoms with Crippen molar-refractivity contribution in [2.75, 3.05) is 4.90 Å². The maximum atomic E-state index is 13.4. The minimum absolute atomic E-state index is 0.0453. The molecule has 1 amide bonds. The Morgan fingerprint density at radius 2 is 1.86 bits per heavy atom. The molecule has 144 valence electrons. The molecule has 0 N–H and O–H groups in total. The second kappa shape index (κ2) is 6.81. The van der Waals surface area contributed by atoms with Gasteiger partial charge >= 0.3 is 0 Å². The molecule has 0 bridgehead atoms. The fourth-order valence-corrected chi connectivity index (χ4v) is 4.48. The number of carbonyl (C=O) groups excluding carboxylic acids is 1. The van der Waals surface area contributed by atoms with Crippen LogP contribution < -0.4 is 10.3 Å². The highest BCUT2D eigenvalue weighted by atomic mass is 35.5. The number of halogens is 3. The van der Waals surface area contributed by atoms with Crippen molar-refractivity contribution in [3.05, 3.63) is 84.1 Å². The van der Waals surface area contributed by atoms with Gasteiger partial charge in [0.05, 0.1) is 27.0 Å². The SMILES string of the molecule is O=C1c2oc3ccc(Cl)cc3c(=O)c2[C@H](c2ccc(Cl)c(Cl)c2)N1c1nncs1. The minimum atomic E-state index is -0.792. The van der Waals surface area contributed by atoms with Crippen LogP contribution in [0.5, 0.6) is 0 Å². The molecule has 5 rings (SSSR count). The normalized spacial score (nSPS) is 15.9. The molecule has 6 nitrogen and oxygen atoms in total. The van der Waals surface area contributed by atoms with Gasteiger partial charge in [-0.05, 0) is 35.9 Å². The highest BCUT2D eigenvalue weighted by Crippen LogP contribution is 2.42. The molecule has 29 heavy (non-hydrogen) atoms. The van der Waals surface area contributed by atoms with Crippen LogP contribution in [0.1, 0.15) is 27.7 Å². The van der Waals surface area contributed by atoms with Crippen LogP contribution in [0.2, 0.25) is 15.1 Å². The highest BCUT2D eigenvalue weighted by molar-refractivity contribution is 7.13. The number of anilines is 1. The van der Waals surface area contributed by atoms with E-state index >= 15 is 0 Å². The Morgan fingerprint density at radius 1 is 1.03 bits per heavy atom. The number of nitrogens with zero attached hydrogens (tertiary/aromatic N) is 3. The lowest BCUT2D eigenvalue weighted by atomic mass is 9.99. The van der Waals surface area contributed by atoms with Crippen LogP contribution >= 0.6 is 46.1 Å². The van der Waals surface area contributed by atoms with E-state index in [9.17, 15) is 9.59 Å². The Morgan fingerprint density at radius 3 is 2.59 bits per heavy atom. The zero-order chi connectivity index (χ0) is 20.3. The number of fused-ring (bicyclic) bond motifs is 2. The van der Waals surface area contributed by atoms with Crippen molar-refractivity contribution in [2.45, 2.75) is 6.04 Å². The molecule has 0 radical (unpaired) electrons. The molecule has 0 saturated carbocycles. The van der Waals surface area contributed by atoms with Gasteiger partial charge in [0.2, 0.25) is 10.9 Å². The number of carbonyl (C=O) groups is 1. The van der Waals surface area contributed by atoms with Gasteiger partial charge in [0, 0.05) is 5.02 Å². The zero-order valence-electron chi connectivity index (χ0n) is 14.2. The highest BCUT2D eigenvalue weighted by Gasteiger charge is 2.45. The zero-order valence-corrected chi connectivity index (χ0v) is 17.3. The van der Waals surface area contributed by atoms with Gasteiger partial charge in [-0.25, -0.2) is 0 Å². The minimum Gasteiger partial charge on any atom is -0.450 e. The van der Waals surface area contributed by atoms with Gasteiger partial charge in [0.1, 0.15) is 11.1 Å². The summed E-state index contributed by atoms with van der Waals surface area (Å²) in [7, 11) is 0. The molecule has 1 aliphatic heterocycles. The third-order valence-corrected chi connectivity index (χ3v) is 6.31. The summed E-state index contributed by atoms with van der Waals surface area (Å²) >= 11 is 19.5. The number of rotatable bonds is 2. The van der Waals surface area contributed by atoms with E-state index in [1.54, 1.807) is 30.3 Å². The van der Waals surface area contributed by atoms with Crippen molar-refractivity contribution in [3.8, 4) is 0 Å². The van der Waals surface area contributed by atoms with E-state index in [4.69, 9.17) is 39.2 Å². The molecule has 2 aromatic carbocycles. The Balaban J connectivity index is 1.84. The molecule has 0 spiro atoms. The molecule has 4 aromatic rings. The lowest BCUT2D eigenvalue weighted by Gasteiger charge is -2.22. The maximum Gasteiger partial charge on any atom is 0.297 e. The molecular weight excluding hydrogens is 457 g/mol. The molecule has 1 atom stereocenters. The predicted molar refractivity (Wildman–Crippen MR) is 113 cm³/mol. The smallest absolute Gasteiger partial charge is 0.297 e. The number of aromatic nitrogens is 2. The third kappa shape index (κ3) is 2.85. The second-order valence-electron chi connectivity index (χ2n) is 6.29. The largest absolute Gasteiger partial charge is 0.450 e. The van der Waals surface area contributed by atoms with E-state index in [2.05, 4.69) is 10.2 Å². The van der Waals surface area contributed by atoms with E-state index in [0.717, 1.165) is 0 Å². The first-order chi connectivity index (χ1) is 14.0. The average molecular weight is 465 g/mol. The van der Waals surface area contributed by atoms with Crippen molar-refractivity contribution in [3.63, 3.8) is 0 Å². The fourth-order valence-electron chi connectivity index (χ4n) is 3.41. The molecule has 0 fully saturated rings. The lowest BCUT2D eigenvalue weighted by molar-refractivity contribution is 0.0970. The molecule has 1 aliphatic rings. The number of benzene rings is 2. The van der Waals surface area contributed by atoms with Crippen LogP contribution in [0.25, 0.3) is 11.0 Å². The van der Waals surface area contributed by atoms with Crippen LogP contribution in [0.15, 0.2) is 51.1 Å². The summed E-state index contributed by atoms with van der Waals surface area (Å²) in [5.41, 5.74) is 2.22. The summed E-state index contributed by atoms with van der Waals surface area (Å²) < 4.78 is 5.83. The summed E-state index contributed by atoms with van der Waals surface area (Å²) in [5, 5.41) is 9.49. The van der Waals surface area contributed by atoms with Gasteiger partial charge < -0.3 is 4.42 Å². The number of hydrogen-bond acceptors (Lipinski definition) is 6. The Hall–Kier alpha value is -2.45. The van der Waals surface area contributed by atoms with Gasteiger partial charge in [-0.2, -0.15) is 0 Å². The van der Waals surface area contributed by atoms with Crippen molar-refractivity contribution in [1.29, 1.82) is 0 Å². The summed E-state index contributed by atoms with van der Waals surface area (Å²) in [6, 6.07) is 8.82. The van der Waals surface area contributed by atoms with Crippen molar-refractivity contribution < 1.29 is 9.21 Å². The molecule has 10 heteroatoms. The maximum absolute atomic E-state index is 13.4. The first-order valence-electron chi connectivity index (χ1n) is 8.26. The van der Waals surface area contributed by atoms with E-state index in [1.165, 1.54) is 27.8 Å².